The molecule has 1 aliphatic heterocycles. The minimum Gasteiger partial charge on any atom is -0.207 e. The fraction of sp³-hybridized carbons (Fsp3) is 0.548. The van der Waals surface area contributed by atoms with Gasteiger partial charge in [-0.1, -0.05) is 80.1 Å². The lowest BCUT2D eigenvalue weighted by atomic mass is 9.37. The molecular formula is C31H41NO2SSi. The van der Waals surface area contributed by atoms with Gasteiger partial charge in [0, 0.05) is 31.4 Å². The zero-order valence-corrected chi connectivity index (χ0v) is 24.2. The number of hydrogen-bond donors (Lipinski definition) is 0. The number of fused-ring (bicyclic) bond motifs is 1. The highest BCUT2D eigenvalue weighted by atomic mass is 32.2. The molecule has 5 aliphatic rings. The Morgan fingerprint density at radius 2 is 1.78 bits per heavy atom. The monoisotopic (exact) mass is 519 g/mol. The summed E-state index contributed by atoms with van der Waals surface area (Å²) in [5.41, 5.74) is 3.70. The van der Waals surface area contributed by atoms with Gasteiger partial charge in [-0.25, -0.2) is 8.42 Å². The van der Waals surface area contributed by atoms with Crippen LogP contribution in [-0.4, -0.2) is 32.9 Å². The number of nitrogens with zero attached hydrogens (tertiary/aromatic N) is 1. The molecule has 2 spiro atoms. The van der Waals surface area contributed by atoms with Crippen LogP contribution < -0.4 is 0 Å². The van der Waals surface area contributed by atoms with E-state index < -0.39 is 23.6 Å². The van der Waals surface area contributed by atoms with Gasteiger partial charge in [-0.15, -0.1) is 6.58 Å². The van der Waals surface area contributed by atoms with Crippen molar-refractivity contribution in [2.24, 2.45) is 11.3 Å². The highest BCUT2D eigenvalue weighted by molar-refractivity contribution is 7.89. The van der Waals surface area contributed by atoms with Crippen LogP contribution in [0, 0.1) is 18.3 Å². The normalized spacial score (nSPS) is 35.3. The van der Waals surface area contributed by atoms with Gasteiger partial charge in [0.15, 0.2) is 0 Å². The van der Waals surface area contributed by atoms with Gasteiger partial charge >= 0.3 is 0 Å². The zero-order chi connectivity index (χ0) is 25.6. The van der Waals surface area contributed by atoms with Gasteiger partial charge in [0.1, 0.15) is 0 Å². The van der Waals surface area contributed by atoms with E-state index in [0.29, 0.717) is 17.4 Å². The van der Waals surface area contributed by atoms with Gasteiger partial charge in [-0.05, 0) is 68.2 Å². The summed E-state index contributed by atoms with van der Waals surface area (Å²) in [6, 6.07) is 17.9. The predicted molar refractivity (Wildman–Crippen MR) is 151 cm³/mol. The van der Waals surface area contributed by atoms with Crippen LogP contribution in [0.5, 0.6) is 0 Å². The van der Waals surface area contributed by atoms with Crippen LogP contribution in [0.2, 0.25) is 25.7 Å². The Bertz CT molecular complexity index is 1310. The Morgan fingerprint density at radius 1 is 1.06 bits per heavy atom. The maximum atomic E-state index is 14.5. The van der Waals surface area contributed by atoms with Crippen molar-refractivity contribution in [1.82, 2.24) is 4.31 Å². The minimum atomic E-state index is -3.65. The maximum absolute atomic E-state index is 14.5. The van der Waals surface area contributed by atoms with Crippen molar-refractivity contribution in [3.8, 4) is 0 Å². The number of rotatable bonds is 6. The molecule has 0 aromatic heterocycles. The van der Waals surface area contributed by atoms with Gasteiger partial charge in [0.05, 0.1) is 10.4 Å². The number of hydrogen-bond acceptors (Lipinski definition) is 2. The van der Waals surface area contributed by atoms with Gasteiger partial charge < -0.3 is 0 Å². The van der Waals surface area contributed by atoms with E-state index in [-0.39, 0.29) is 16.7 Å². The van der Waals surface area contributed by atoms with E-state index in [4.69, 9.17) is 0 Å². The fourth-order valence-corrected chi connectivity index (χ4v) is 13.6. The van der Waals surface area contributed by atoms with Crippen LogP contribution >= 0.6 is 0 Å². The quantitative estimate of drug-likeness (QED) is 0.297. The summed E-state index contributed by atoms with van der Waals surface area (Å²) in [6.45, 7) is 14.3. The SMILES string of the molecule is C=CC[C@@]12C3c4ccccc4C4(CCC[C@]41CCN2S(=O)(=O)c1ccc(C)cc1)C[C@H]3C[Si](C)(C)C. The summed E-state index contributed by atoms with van der Waals surface area (Å²) >= 11 is 0. The molecule has 4 aliphatic carbocycles. The molecule has 7 rings (SSSR count). The first-order chi connectivity index (χ1) is 17.0. The lowest BCUT2D eigenvalue weighted by Crippen LogP contribution is -2.71. The number of sulfonamides is 1. The van der Waals surface area contributed by atoms with E-state index in [0.717, 1.165) is 24.8 Å². The summed E-state index contributed by atoms with van der Waals surface area (Å²) < 4.78 is 31.1. The molecule has 1 heterocycles. The Labute approximate surface area is 219 Å². The maximum Gasteiger partial charge on any atom is 0.243 e. The second kappa shape index (κ2) is 7.91. The predicted octanol–water partition coefficient (Wildman–Crippen LogP) is 7.27. The average Bonchev–Trinajstić information content (AvgIpc) is 3.36. The largest absolute Gasteiger partial charge is 0.243 e. The fourth-order valence-electron chi connectivity index (χ4n) is 9.83. The van der Waals surface area contributed by atoms with Crippen LogP contribution in [0.1, 0.15) is 61.1 Å². The van der Waals surface area contributed by atoms with Crippen molar-refractivity contribution >= 4 is 18.1 Å². The third kappa shape index (κ3) is 2.97. The summed E-state index contributed by atoms with van der Waals surface area (Å²) in [5.74, 6) is 0.743. The number of aryl methyl sites for hydroxylation is 1. The van der Waals surface area contributed by atoms with Gasteiger partial charge in [0.2, 0.25) is 10.0 Å². The molecule has 2 unspecified atom stereocenters. The molecule has 2 aromatic rings. The van der Waals surface area contributed by atoms with E-state index in [1.165, 1.54) is 30.9 Å². The summed E-state index contributed by atoms with van der Waals surface area (Å²) in [6.07, 6.45) is 8.50. The van der Waals surface area contributed by atoms with Crippen molar-refractivity contribution in [1.29, 1.82) is 0 Å². The van der Waals surface area contributed by atoms with Gasteiger partial charge in [-0.2, -0.15) is 4.31 Å². The summed E-state index contributed by atoms with van der Waals surface area (Å²) in [5, 5.41) is 0. The van der Waals surface area contributed by atoms with Crippen LogP contribution in [-0.2, 0) is 15.4 Å². The standard InChI is InChI=1S/C31H41NO2SSi/c1-6-16-31-28-24(22-36(3,4)5)21-29(27-11-8-7-10-26(27)28)17-9-18-30(29,31)19-20-32(31)35(33,34)25-14-12-23(2)13-15-25/h6-8,10-15,24,28H,1,9,16-22H2,2-5H3/t24-,28?,29?,30-,31+/m0/s1. The first-order valence-corrected chi connectivity index (χ1v) is 19.0. The Balaban J connectivity index is 1.64. The third-order valence-corrected chi connectivity index (χ3v) is 14.2. The summed E-state index contributed by atoms with van der Waals surface area (Å²) in [4.78, 5) is 0.442. The minimum absolute atomic E-state index is 0.0130. The Morgan fingerprint density at radius 3 is 2.47 bits per heavy atom. The lowest BCUT2D eigenvalue weighted by Gasteiger charge is -2.70. The Hall–Kier alpha value is -1.69. The van der Waals surface area contributed by atoms with E-state index in [2.05, 4.69) is 50.5 Å². The highest BCUT2D eigenvalue weighted by Gasteiger charge is 2.79. The molecule has 36 heavy (non-hydrogen) atoms. The van der Waals surface area contributed by atoms with Crippen molar-refractivity contribution < 1.29 is 8.42 Å². The highest BCUT2D eigenvalue weighted by Crippen LogP contribution is 2.80. The van der Waals surface area contributed by atoms with E-state index in [1.54, 1.807) is 5.56 Å². The molecule has 2 aromatic carbocycles. The van der Waals surface area contributed by atoms with Gasteiger partial charge in [0.25, 0.3) is 0 Å². The first kappa shape index (κ1) is 24.6. The molecular weight excluding hydrogens is 478 g/mol. The van der Waals surface area contributed by atoms with E-state index in [1.807, 2.05) is 41.6 Å². The zero-order valence-electron chi connectivity index (χ0n) is 22.4. The molecule has 1 saturated heterocycles. The molecule has 0 N–H and O–H groups in total. The van der Waals surface area contributed by atoms with E-state index >= 15 is 0 Å². The average molecular weight is 520 g/mol. The molecule has 5 atom stereocenters. The lowest BCUT2D eigenvalue weighted by molar-refractivity contribution is -0.0785. The molecule has 3 nitrogen and oxygen atoms in total. The van der Waals surface area contributed by atoms with Crippen LogP contribution in [0.15, 0.2) is 66.1 Å². The van der Waals surface area contributed by atoms with Crippen molar-refractivity contribution in [2.75, 3.05) is 6.54 Å². The van der Waals surface area contributed by atoms with Crippen LogP contribution in [0.3, 0.4) is 0 Å². The summed E-state index contributed by atoms with van der Waals surface area (Å²) in [7, 11) is -5.03. The topological polar surface area (TPSA) is 37.4 Å². The van der Waals surface area contributed by atoms with Crippen molar-refractivity contribution in [3.63, 3.8) is 0 Å². The molecule has 192 valence electrons. The smallest absolute Gasteiger partial charge is 0.207 e. The molecule has 2 saturated carbocycles. The molecule has 0 radical (unpaired) electrons. The Kier molecular flexibility index (Phi) is 5.41. The van der Waals surface area contributed by atoms with Crippen molar-refractivity contribution in [3.05, 3.63) is 77.9 Å². The second-order valence-electron chi connectivity index (χ2n) is 13.4. The molecule has 0 amide bonds. The molecule has 5 heteroatoms. The molecule has 2 bridgehead atoms. The third-order valence-electron chi connectivity index (χ3n) is 10.5. The van der Waals surface area contributed by atoms with Crippen molar-refractivity contribution in [2.45, 2.75) is 92.9 Å². The van der Waals surface area contributed by atoms with E-state index in [9.17, 15) is 8.42 Å². The number of benzene rings is 2. The second-order valence-corrected chi connectivity index (χ2v) is 20.8. The van der Waals surface area contributed by atoms with Crippen LogP contribution in [0.25, 0.3) is 0 Å². The van der Waals surface area contributed by atoms with Gasteiger partial charge in [-0.3, -0.25) is 0 Å². The molecule has 3 fully saturated rings. The van der Waals surface area contributed by atoms with Crippen LogP contribution in [0.4, 0.5) is 0 Å². The first-order valence-electron chi connectivity index (χ1n) is 13.8.